The zero-order valence-electron chi connectivity index (χ0n) is 20.3. The highest BCUT2D eigenvalue weighted by Gasteiger charge is 2.33. The van der Waals surface area contributed by atoms with Crippen LogP contribution >= 0.6 is 34.8 Å². The second-order valence-corrected chi connectivity index (χ2v) is 12.5. The Labute approximate surface area is 222 Å². The third-order valence-electron chi connectivity index (χ3n) is 5.12. The smallest absolute Gasteiger partial charge is 0.243 e. The second kappa shape index (κ2) is 11.9. The Hall–Kier alpha value is -1.84. The number of nitrogens with zero attached hydrogens (tertiary/aromatic N) is 2. The molecule has 0 saturated heterocycles. The molecule has 0 heterocycles. The van der Waals surface area contributed by atoms with E-state index in [1.807, 2.05) is 20.8 Å². The number of sulfonamides is 1. The third kappa shape index (κ3) is 8.08. The minimum Gasteiger partial charge on any atom is -0.350 e. The van der Waals surface area contributed by atoms with E-state index >= 15 is 0 Å². The first-order valence-electron chi connectivity index (χ1n) is 10.9. The van der Waals surface area contributed by atoms with Crippen LogP contribution in [-0.2, 0) is 26.2 Å². The summed E-state index contributed by atoms with van der Waals surface area (Å²) in [4.78, 5) is 27.9. The van der Waals surface area contributed by atoms with Crippen molar-refractivity contribution in [1.29, 1.82) is 0 Å². The summed E-state index contributed by atoms with van der Waals surface area (Å²) < 4.78 is 27.0. The molecule has 11 heteroatoms. The van der Waals surface area contributed by atoms with Gasteiger partial charge in [0.15, 0.2) is 0 Å². The summed E-state index contributed by atoms with van der Waals surface area (Å²) in [6, 6.07) is 9.68. The van der Waals surface area contributed by atoms with Crippen molar-refractivity contribution in [2.24, 2.45) is 0 Å². The third-order valence-corrected chi connectivity index (χ3v) is 7.78. The van der Waals surface area contributed by atoms with Crippen molar-refractivity contribution in [3.8, 4) is 0 Å². The molecule has 2 amide bonds. The van der Waals surface area contributed by atoms with Gasteiger partial charge in [-0.05, 0) is 69.2 Å². The highest BCUT2D eigenvalue weighted by Crippen LogP contribution is 2.24. The van der Waals surface area contributed by atoms with E-state index in [0.717, 1.165) is 4.31 Å². The lowest BCUT2D eigenvalue weighted by Gasteiger charge is -2.34. The Morgan fingerprint density at radius 1 is 1.00 bits per heavy atom. The van der Waals surface area contributed by atoms with E-state index in [0.29, 0.717) is 27.1 Å². The monoisotopic (exact) mass is 561 g/mol. The highest BCUT2D eigenvalue weighted by atomic mass is 35.5. The van der Waals surface area contributed by atoms with Crippen molar-refractivity contribution in [2.75, 3.05) is 13.6 Å². The summed E-state index contributed by atoms with van der Waals surface area (Å²) in [7, 11) is -2.66. The number of rotatable bonds is 9. The van der Waals surface area contributed by atoms with E-state index in [1.54, 1.807) is 25.1 Å². The molecule has 0 aliphatic heterocycles. The maximum absolute atomic E-state index is 13.5. The first-order valence-corrected chi connectivity index (χ1v) is 13.5. The van der Waals surface area contributed by atoms with Crippen LogP contribution < -0.4 is 5.32 Å². The summed E-state index contributed by atoms with van der Waals surface area (Å²) >= 11 is 18.2. The SMILES string of the molecule is CC[C@@H](C(=O)NC(C)(C)C)N(Cc1ccc(Cl)cc1Cl)C(=O)CN(C)S(=O)(=O)c1ccc(Cl)cc1. The van der Waals surface area contributed by atoms with E-state index in [2.05, 4.69) is 5.32 Å². The van der Waals surface area contributed by atoms with E-state index in [-0.39, 0.29) is 17.3 Å². The molecule has 0 aliphatic rings. The quantitative estimate of drug-likeness (QED) is 0.467. The van der Waals surface area contributed by atoms with Gasteiger partial charge in [-0.25, -0.2) is 8.42 Å². The topological polar surface area (TPSA) is 86.8 Å². The molecule has 0 fully saturated rings. The van der Waals surface area contributed by atoms with Gasteiger partial charge in [-0.15, -0.1) is 0 Å². The molecular formula is C24H30Cl3N3O4S. The number of carbonyl (C=O) groups excluding carboxylic acids is 2. The van der Waals surface area contributed by atoms with Gasteiger partial charge in [0.2, 0.25) is 21.8 Å². The van der Waals surface area contributed by atoms with Gasteiger partial charge >= 0.3 is 0 Å². The number of amides is 2. The van der Waals surface area contributed by atoms with Crippen LogP contribution in [0.1, 0.15) is 39.7 Å². The minimum absolute atomic E-state index is 0.000260. The zero-order chi connectivity index (χ0) is 26.6. The molecule has 1 N–H and O–H groups in total. The molecule has 2 rings (SSSR count). The van der Waals surface area contributed by atoms with Crippen LogP contribution in [0.5, 0.6) is 0 Å². The Kier molecular flexibility index (Phi) is 10.0. The lowest BCUT2D eigenvalue weighted by molar-refractivity contribution is -0.142. The number of likely N-dealkylation sites (N-methyl/N-ethyl adjacent to an activating group) is 1. The predicted molar refractivity (Wildman–Crippen MR) is 140 cm³/mol. The Balaban J connectivity index is 2.39. The molecule has 0 aromatic heterocycles. The van der Waals surface area contributed by atoms with Crippen LogP contribution in [0.2, 0.25) is 15.1 Å². The van der Waals surface area contributed by atoms with Gasteiger partial charge in [-0.1, -0.05) is 47.8 Å². The minimum atomic E-state index is -3.97. The van der Waals surface area contributed by atoms with E-state index in [4.69, 9.17) is 34.8 Å². The van der Waals surface area contributed by atoms with Crippen LogP contribution in [0.3, 0.4) is 0 Å². The van der Waals surface area contributed by atoms with Crippen LogP contribution in [0.15, 0.2) is 47.4 Å². The molecule has 0 spiro atoms. The van der Waals surface area contributed by atoms with Gasteiger partial charge in [-0.3, -0.25) is 9.59 Å². The van der Waals surface area contributed by atoms with Gasteiger partial charge < -0.3 is 10.2 Å². The summed E-state index contributed by atoms with van der Waals surface area (Å²) in [6.07, 6.45) is 0.312. The fourth-order valence-electron chi connectivity index (χ4n) is 3.36. The van der Waals surface area contributed by atoms with Gasteiger partial charge in [0.05, 0.1) is 11.4 Å². The summed E-state index contributed by atoms with van der Waals surface area (Å²) in [5.74, 6) is -0.895. The largest absolute Gasteiger partial charge is 0.350 e. The number of halogens is 3. The zero-order valence-corrected chi connectivity index (χ0v) is 23.4. The highest BCUT2D eigenvalue weighted by molar-refractivity contribution is 7.89. The number of nitrogens with one attached hydrogen (secondary N) is 1. The molecule has 0 saturated carbocycles. The van der Waals surface area contributed by atoms with Crippen LogP contribution in [-0.4, -0.2) is 54.6 Å². The molecule has 2 aromatic carbocycles. The maximum Gasteiger partial charge on any atom is 0.243 e. The number of hydrogen-bond donors (Lipinski definition) is 1. The Morgan fingerprint density at radius 2 is 1.57 bits per heavy atom. The van der Waals surface area contributed by atoms with Crippen LogP contribution in [0, 0.1) is 0 Å². The number of benzene rings is 2. The van der Waals surface area contributed by atoms with E-state index in [9.17, 15) is 18.0 Å². The lowest BCUT2D eigenvalue weighted by Crippen LogP contribution is -2.55. The summed E-state index contributed by atoms with van der Waals surface area (Å²) in [5.41, 5.74) is 0.0564. The molecule has 7 nitrogen and oxygen atoms in total. The predicted octanol–water partition coefficient (Wildman–Crippen LogP) is 4.99. The average molecular weight is 563 g/mol. The molecule has 192 valence electrons. The molecule has 2 aromatic rings. The Morgan fingerprint density at radius 3 is 2.09 bits per heavy atom. The van der Waals surface area contributed by atoms with Crippen molar-refractivity contribution in [3.05, 3.63) is 63.1 Å². The van der Waals surface area contributed by atoms with E-state index < -0.39 is 34.1 Å². The number of hydrogen-bond acceptors (Lipinski definition) is 4. The van der Waals surface area contributed by atoms with Crippen molar-refractivity contribution < 1.29 is 18.0 Å². The standard InChI is InChI=1S/C24H30Cl3N3O4S/c1-6-21(23(32)28-24(2,3)4)30(14-16-7-8-18(26)13-20(16)27)22(31)15-29(5)35(33,34)19-11-9-17(25)10-12-19/h7-13,21H,6,14-15H2,1-5H3,(H,28,32)/t21-/m0/s1. The van der Waals surface area contributed by atoms with Crippen molar-refractivity contribution in [3.63, 3.8) is 0 Å². The van der Waals surface area contributed by atoms with Crippen molar-refractivity contribution in [1.82, 2.24) is 14.5 Å². The van der Waals surface area contributed by atoms with Crippen LogP contribution in [0.4, 0.5) is 0 Å². The second-order valence-electron chi connectivity index (χ2n) is 9.14. The Bertz CT molecular complexity index is 1170. The summed E-state index contributed by atoms with van der Waals surface area (Å²) in [5, 5.41) is 4.06. The number of carbonyl (C=O) groups is 2. The van der Waals surface area contributed by atoms with Crippen molar-refractivity contribution in [2.45, 2.75) is 57.1 Å². The molecule has 0 radical (unpaired) electrons. The first kappa shape index (κ1) is 29.4. The van der Waals surface area contributed by atoms with Crippen LogP contribution in [0.25, 0.3) is 0 Å². The maximum atomic E-state index is 13.5. The van der Waals surface area contributed by atoms with Gasteiger partial charge in [-0.2, -0.15) is 4.31 Å². The fourth-order valence-corrected chi connectivity index (χ4v) is 5.07. The van der Waals surface area contributed by atoms with Gasteiger partial charge in [0, 0.05) is 34.2 Å². The lowest BCUT2D eigenvalue weighted by atomic mass is 10.1. The summed E-state index contributed by atoms with van der Waals surface area (Å²) in [6.45, 7) is 6.82. The van der Waals surface area contributed by atoms with Crippen molar-refractivity contribution >= 4 is 56.6 Å². The molecule has 1 atom stereocenters. The first-order chi connectivity index (χ1) is 16.2. The molecule has 0 aliphatic carbocycles. The molecule has 35 heavy (non-hydrogen) atoms. The molecule has 0 bridgehead atoms. The fraction of sp³-hybridized carbons (Fsp3) is 0.417. The van der Waals surface area contributed by atoms with Gasteiger partial charge in [0.1, 0.15) is 6.04 Å². The normalized spacial score (nSPS) is 12.9. The molecule has 0 unspecified atom stereocenters. The van der Waals surface area contributed by atoms with E-state index in [1.165, 1.54) is 36.2 Å². The van der Waals surface area contributed by atoms with Gasteiger partial charge in [0.25, 0.3) is 0 Å². The average Bonchev–Trinajstić information content (AvgIpc) is 2.74. The molecular weight excluding hydrogens is 533 g/mol.